The van der Waals surface area contributed by atoms with Gasteiger partial charge in [-0.3, -0.25) is 9.69 Å². The third-order valence-corrected chi connectivity index (χ3v) is 4.49. The molecule has 1 atom stereocenters. The largest absolute Gasteiger partial charge is 0.467 e. The van der Waals surface area contributed by atoms with E-state index in [0.717, 1.165) is 32.6 Å². The number of ether oxygens (including phenoxy) is 1. The summed E-state index contributed by atoms with van der Waals surface area (Å²) in [6, 6.07) is 3.28. The van der Waals surface area contributed by atoms with Crippen molar-refractivity contribution < 1.29 is 22.7 Å². The number of carbonyl (C=O) groups excluding carboxylic acids is 1. The molecule has 3 heterocycles. The molecule has 0 spiro atoms. The molecule has 0 saturated carbocycles. The molecule has 2 fully saturated rings. The van der Waals surface area contributed by atoms with Crippen molar-refractivity contribution in [3.8, 4) is 5.88 Å². The van der Waals surface area contributed by atoms with Crippen LogP contribution < -0.4 is 10.1 Å². The van der Waals surface area contributed by atoms with Crippen LogP contribution in [0.25, 0.3) is 0 Å². The quantitative estimate of drug-likeness (QED) is 0.791. The molecule has 1 N–H and O–H groups in total. The molecule has 0 aliphatic carbocycles. The molecule has 27 heavy (non-hydrogen) atoms. The van der Waals surface area contributed by atoms with Gasteiger partial charge in [0.25, 0.3) is 5.91 Å². The van der Waals surface area contributed by atoms with Gasteiger partial charge in [-0.15, -0.1) is 24.8 Å². The standard InChI is InChI=1S/C16H21F3N4O2.2ClH/c17-16(18,19)11-25-14-13(2-1-4-21-14)15(24)23-7-3-12(10-23)22-8-5-20-6-9-22;;/h1-2,4,12,20H,3,5-11H2;2*1H. The molecule has 3 rings (SSSR count). The fraction of sp³-hybridized carbons (Fsp3) is 0.625. The second-order valence-electron chi connectivity index (χ2n) is 6.24. The van der Waals surface area contributed by atoms with Crippen molar-refractivity contribution in [2.75, 3.05) is 45.9 Å². The summed E-state index contributed by atoms with van der Waals surface area (Å²) in [7, 11) is 0. The predicted octanol–water partition coefficient (Wildman–Crippen LogP) is 1.99. The van der Waals surface area contributed by atoms with Crippen LogP contribution in [-0.4, -0.2) is 78.8 Å². The zero-order chi connectivity index (χ0) is 17.9. The van der Waals surface area contributed by atoms with Crippen molar-refractivity contribution >= 4 is 30.7 Å². The highest BCUT2D eigenvalue weighted by Gasteiger charge is 2.33. The topological polar surface area (TPSA) is 57.7 Å². The van der Waals surface area contributed by atoms with E-state index >= 15 is 0 Å². The Labute approximate surface area is 168 Å². The van der Waals surface area contributed by atoms with Gasteiger partial charge in [0.2, 0.25) is 5.88 Å². The van der Waals surface area contributed by atoms with Gasteiger partial charge in [-0.05, 0) is 18.6 Å². The number of piperazine rings is 1. The molecule has 2 saturated heterocycles. The third kappa shape index (κ3) is 6.38. The monoisotopic (exact) mass is 430 g/mol. The molecule has 154 valence electrons. The van der Waals surface area contributed by atoms with Crippen LogP contribution in [-0.2, 0) is 0 Å². The Balaban J connectivity index is 0.00000182. The number of hydrogen-bond donors (Lipinski definition) is 1. The number of aromatic nitrogens is 1. The zero-order valence-corrected chi connectivity index (χ0v) is 16.2. The van der Waals surface area contributed by atoms with Gasteiger partial charge in [0.1, 0.15) is 5.56 Å². The lowest BCUT2D eigenvalue weighted by Gasteiger charge is -2.32. The SMILES string of the molecule is Cl.Cl.O=C(c1cccnc1OCC(F)(F)F)N1CCC(N2CCNCC2)C1. The summed E-state index contributed by atoms with van der Waals surface area (Å²) < 4.78 is 41.8. The van der Waals surface area contributed by atoms with Crippen LogP contribution >= 0.6 is 24.8 Å². The molecule has 2 aliphatic heterocycles. The Morgan fingerprint density at radius 2 is 1.96 bits per heavy atom. The van der Waals surface area contributed by atoms with Crippen LogP contribution in [0.3, 0.4) is 0 Å². The van der Waals surface area contributed by atoms with Crippen LogP contribution in [0.15, 0.2) is 18.3 Å². The fourth-order valence-corrected chi connectivity index (χ4v) is 3.26. The van der Waals surface area contributed by atoms with Gasteiger partial charge in [0, 0.05) is 51.5 Å². The van der Waals surface area contributed by atoms with E-state index in [4.69, 9.17) is 4.74 Å². The van der Waals surface area contributed by atoms with E-state index in [2.05, 4.69) is 15.2 Å². The van der Waals surface area contributed by atoms with Crippen LogP contribution in [0, 0.1) is 0 Å². The Morgan fingerprint density at radius 1 is 1.26 bits per heavy atom. The molecule has 1 aromatic heterocycles. The van der Waals surface area contributed by atoms with Crippen LogP contribution in [0.1, 0.15) is 16.8 Å². The number of nitrogens with one attached hydrogen (secondary N) is 1. The summed E-state index contributed by atoms with van der Waals surface area (Å²) in [5.74, 6) is -0.599. The smallest absolute Gasteiger partial charge is 0.422 e. The maximum absolute atomic E-state index is 12.7. The highest BCUT2D eigenvalue weighted by molar-refractivity contribution is 5.96. The Kier molecular flexibility index (Phi) is 9.07. The van der Waals surface area contributed by atoms with E-state index in [9.17, 15) is 18.0 Å². The Morgan fingerprint density at radius 3 is 2.63 bits per heavy atom. The number of nitrogens with zero attached hydrogens (tertiary/aromatic N) is 3. The second kappa shape index (κ2) is 10.3. The molecule has 1 amide bonds. The van der Waals surface area contributed by atoms with Gasteiger partial charge in [-0.2, -0.15) is 13.2 Å². The minimum absolute atomic E-state index is 0. The average molecular weight is 431 g/mol. The van der Waals surface area contributed by atoms with Crippen molar-refractivity contribution in [1.82, 2.24) is 20.1 Å². The first-order valence-corrected chi connectivity index (χ1v) is 8.32. The normalized spacial score (nSPS) is 20.6. The number of alkyl halides is 3. The van der Waals surface area contributed by atoms with Crippen molar-refractivity contribution in [1.29, 1.82) is 0 Å². The summed E-state index contributed by atoms with van der Waals surface area (Å²) >= 11 is 0. The van der Waals surface area contributed by atoms with E-state index in [1.54, 1.807) is 4.90 Å². The lowest BCUT2D eigenvalue weighted by atomic mass is 10.2. The number of hydrogen-bond acceptors (Lipinski definition) is 5. The fourth-order valence-electron chi connectivity index (χ4n) is 3.26. The summed E-state index contributed by atoms with van der Waals surface area (Å²) in [6.45, 7) is 3.45. The molecule has 11 heteroatoms. The number of rotatable bonds is 4. The number of pyridine rings is 1. The van der Waals surface area contributed by atoms with Crippen molar-refractivity contribution in [2.24, 2.45) is 0 Å². The van der Waals surface area contributed by atoms with Gasteiger partial charge in [0.15, 0.2) is 6.61 Å². The van der Waals surface area contributed by atoms with Gasteiger partial charge in [-0.25, -0.2) is 4.98 Å². The first-order chi connectivity index (χ1) is 11.9. The molecule has 1 unspecified atom stereocenters. The van der Waals surface area contributed by atoms with Gasteiger partial charge < -0.3 is 15.0 Å². The van der Waals surface area contributed by atoms with Crippen LogP contribution in [0.5, 0.6) is 5.88 Å². The number of carbonyl (C=O) groups is 1. The van der Waals surface area contributed by atoms with E-state index < -0.39 is 12.8 Å². The highest BCUT2D eigenvalue weighted by Crippen LogP contribution is 2.24. The highest BCUT2D eigenvalue weighted by atomic mass is 35.5. The van der Waals surface area contributed by atoms with Crippen LogP contribution in [0.4, 0.5) is 13.2 Å². The molecule has 6 nitrogen and oxygen atoms in total. The molecule has 0 radical (unpaired) electrons. The Bertz CT molecular complexity index is 616. The number of likely N-dealkylation sites (tertiary alicyclic amines) is 1. The van der Waals surface area contributed by atoms with Crippen molar-refractivity contribution in [2.45, 2.75) is 18.6 Å². The van der Waals surface area contributed by atoms with Gasteiger partial charge >= 0.3 is 6.18 Å². The second-order valence-corrected chi connectivity index (χ2v) is 6.24. The average Bonchev–Trinajstić information content (AvgIpc) is 3.10. The van der Waals surface area contributed by atoms with E-state index in [1.165, 1.54) is 18.3 Å². The van der Waals surface area contributed by atoms with Gasteiger partial charge in [0.05, 0.1) is 0 Å². The van der Waals surface area contributed by atoms with Crippen molar-refractivity contribution in [3.63, 3.8) is 0 Å². The van der Waals surface area contributed by atoms with E-state index in [1.807, 2.05) is 0 Å². The molecular formula is C16H23Cl2F3N4O2. The van der Waals surface area contributed by atoms with Crippen LogP contribution in [0.2, 0.25) is 0 Å². The molecule has 2 aliphatic rings. The minimum atomic E-state index is -4.47. The lowest BCUT2D eigenvalue weighted by molar-refractivity contribution is -0.154. The number of halogens is 5. The zero-order valence-electron chi connectivity index (χ0n) is 14.6. The third-order valence-electron chi connectivity index (χ3n) is 4.49. The summed E-state index contributed by atoms with van der Waals surface area (Å²) in [4.78, 5) is 20.5. The minimum Gasteiger partial charge on any atom is -0.467 e. The Hall–Kier alpha value is -1.29. The first-order valence-electron chi connectivity index (χ1n) is 8.32. The molecular weight excluding hydrogens is 408 g/mol. The first kappa shape index (κ1) is 23.7. The van der Waals surface area contributed by atoms with E-state index in [-0.39, 0.29) is 42.2 Å². The number of amides is 1. The molecule has 1 aromatic rings. The van der Waals surface area contributed by atoms with Crippen molar-refractivity contribution in [3.05, 3.63) is 23.9 Å². The van der Waals surface area contributed by atoms with E-state index in [0.29, 0.717) is 19.1 Å². The summed E-state index contributed by atoms with van der Waals surface area (Å²) in [5, 5.41) is 3.29. The molecule has 0 aromatic carbocycles. The molecule has 0 bridgehead atoms. The van der Waals surface area contributed by atoms with Gasteiger partial charge in [-0.1, -0.05) is 0 Å². The lowest BCUT2D eigenvalue weighted by Crippen LogP contribution is -2.49. The predicted molar refractivity (Wildman–Crippen MR) is 99.0 cm³/mol. The maximum atomic E-state index is 12.7. The maximum Gasteiger partial charge on any atom is 0.422 e. The summed E-state index contributed by atoms with van der Waals surface area (Å²) in [5.41, 5.74) is 0.0766. The summed E-state index contributed by atoms with van der Waals surface area (Å²) in [6.07, 6.45) is -2.29.